The van der Waals surface area contributed by atoms with Crippen molar-refractivity contribution in [3.05, 3.63) is 112 Å². The number of rotatable bonds is 12. The Bertz CT molecular complexity index is 1620. The number of carbonyl (C=O) groups is 3. The van der Waals surface area contributed by atoms with Gasteiger partial charge in [-0.05, 0) is 55.0 Å². The molecule has 1 aliphatic heterocycles. The van der Waals surface area contributed by atoms with Gasteiger partial charge >= 0.3 is 0 Å². The zero-order valence-corrected chi connectivity index (χ0v) is 25.9. The molecule has 8 heteroatoms. The first-order valence-electron chi connectivity index (χ1n) is 14.7. The van der Waals surface area contributed by atoms with Crippen LogP contribution in [0.5, 0.6) is 0 Å². The summed E-state index contributed by atoms with van der Waals surface area (Å²) in [6.45, 7) is 4.40. The molecule has 0 bridgehead atoms. The number of amides is 3. The van der Waals surface area contributed by atoms with Gasteiger partial charge in [0, 0.05) is 58.5 Å². The van der Waals surface area contributed by atoms with Crippen molar-refractivity contribution in [2.75, 3.05) is 11.4 Å². The van der Waals surface area contributed by atoms with Crippen molar-refractivity contribution in [3.8, 4) is 0 Å². The molecule has 2 atom stereocenters. The summed E-state index contributed by atoms with van der Waals surface area (Å²) in [5.74, 6) is -0.501. The van der Waals surface area contributed by atoms with E-state index in [1.54, 1.807) is 28.0 Å². The van der Waals surface area contributed by atoms with Crippen molar-refractivity contribution >= 4 is 57.4 Å². The SMILES string of the molecule is CC[C@H](C)NC(=O)[C@@H](Cc1ccccc1)N(Cc1c(Cl)cccc1Cl)C(=O)CCCN1C(=O)c2cccc3cccc1c23. The Morgan fingerprint density at radius 3 is 2.28 bits per heavy atom. The van der Waals surface area contributed by atoms with Crippen LogP contribution in [0.2, 0.25) is 10.0 Å². The highest BCUT2D eigenvalue weighted by molar-refractivity contribution is 6.36. The van der Waals surface area contributed by atoms with Crippen LogP contribution in [0.15, 0.2) is 84.9 Å². The number of nitrogens with zero attached hydrogens (tertiary/aromatic N) is 2. The molecular formula is C35H35Cl2N3O3. The van der Waals surface area contributed by atoms with Crippen molar-refractivity contribution in [2.24, 2.45) is 0 Å². The number of halogens is 2. The fourth-order valence-electron chi connectivity index (χ4n) is 5.58. The minimum atomic E-state index is -0.789. The van der Waals surface area contributed by atoms with Crippen LogP contribution in [0.1, 0.15) is 54.6 Å². The first kappa shape index (κ1) is 30.6. The van der Waals surface area contributed by atoms with Crippen molar-refractivity contribution in [1.29, 1.82) is 0 Å². The maximum Gasteiger partial charge on any atom is 0.258 e. The molecule has 0 saturated carbocycles. The minimum Gasteiger partial charge on any atom is -0.352 e. The quantitative estimate of drug-likeness (QED) is 0.180. The van der Waals surface area contributed by atoms with Crippen LogP contribution >= 0.6 is 23.2 Å². The Hall–Kier alpha value is -3.87. The molecule has 1 aliphatic rings. The average molecular weight is 617 g/mol. The van der Waals surface area contributed by atoms with Gasteiger partial charge in [0.25, 0.3) is 5.91 Å². The Balaban J connectivity index is 1.41. The number of hydrogen-bond donors (Lipinski definition) is 1. The molecule has 0 radical (unpaired) electrons. The van der Waals surface area contributed by atoms with Gasteiger partial charge in [-0.3, -0.25) is 14.4 Å². The highest BCUT2D eigenvalue weighted by atomic mass is 35.5. The smallest absolute Gasteiger partial charge is 0.258 e. The Labute approximate surface area is 262 Å². The summed E-state index contributed by atoms with van der Waals surface area (Å²) in [5.41, 5.74) is 3.06. The molecule has 6 nitrogen and oxygen atoms in total. The molecule has 0 fully saturated rings. The van der Waals surface area contributed by atoms with E-state index in [2.05, 4.69) is 5.32 Å². The molecule has 0 saturated heterocycles. The van der Waals surface area contributed by atoms with Gasteiger partial charge in [-0.15, -0.1) is 0 Å². The topological polar surface area (TPSA) is 69.7 Å². The van der Waals surface area contributed by atoms with Crippen molar-refractivity contribution in [2.45, 2.75) is 58.2 Å². The summed E-state index contributed by atoms with van der Waals surface area (Å²) in [5, 5.41) is 5.90. The second-order valence-corrected chi connectivity index (χ2v) is 11.8. The van der Waals surface area contributed by atoms with Crippen LogP contribution in [0.4, 0.5) is 5.69 Å². The molecule has 0 aliphatic carbocycles. The molecular weight excluding hydrogens is 581 g/mol. The van der Waals surface area contributed by atoms with Crippen LogP contribution < -0.4 is 10.2 Å². The maximum absolute atomic E-state index is 14.1. The summed E-state index contributed by atoms with van der Waals surface area (Å²) < 4.78 is 0. The van der Waals surface area contributed by atoms with Crippen molar-refractivity contribution in [3.63, 3.8) is 0 Å². The van der Waals surface area contributed by atoms with E-state index in [9.17, 15) is 14.4 Å². The number of hydrogen-bond acceptors (Lipinski definition) is 3. The van der Waals surface area contributed by atoms with Crippen LogP contribution in [0, 0.1) is 0 Å². The van der Waals surface area contributed by atoms with Crippen molar-refractivity contribution < 1.29 is 14.4 Å². The molecule has 3 amide bonds. The molecule has 1 N–H and O–H groups in total. The maximum atomic E-state index is 14.1. The lowest BCUT2D eigenvalue weighted by Gasteiger charge is -2.33. The molecule has 0 unspecified atom stereocenters. The van der Waals surface area contributed by atoms with Crippen LogP contribution in [-0.2, 0) is 22.6 Å². The summed E-state index contributed by atoms with van der Waals surface area (Å²) in [6, 6.07) is 25.6. The number of nitrogens with one attached hydrogen (secondary N) is 1. The predicted octanol–water partition coefficient (Wildman–Crippen LogP) is 7.44. The highest BCUT2D eigenvalue weighted by Gasteiger charge is 2.33. The van der Waals surface area contributed by atoms with Gasteiger partial charge < -0.3 is 15.1 Å². The van der Waals surface area contributed by atoms with E-state index < -0.39 is 6.04 Å². The number of benzene rings is 4. The van der Waals surface area contributed by atoms with Gasteiger partial charge in [-0.2, -0.15) is 0 Å². The van der Waals surface area contributed by atoms with E-state index >= 15 is 0 Å². The monoisotopic (exact) mass is 615 g/mol. The Kier molecular flexibility index (Phi) is 9.69. The van der Waals surface area contributed by atoms with Crippen LogP contribution in [0.3, 0.4) is 0 Å². The molecule has 0 spiro atoms. The predicted molar refractivity (Wildman–Crippen MR) is 174 cm³/mol. The largest absolute Gasteiger partial charge is 0.352 e. The molecule has 0 aromatic heterocycles. The van der Waals surface area contributed by atoms with Gasteiger partial charge in [0.05, 0.1) is 5.69 Å². The summed E-state index contributed by atoms with van der Waals surface area (Å²) in [6.07, 6.45) is 1.65. The Morgan fingerprint density at radius 2 is 1.58 bits per heavy atom. The van der Waals surface area contributed by atoms with Gasteiger partial charge in [0.2, 0.25) is 11.8 Å². The molecule has 4 aromatic carbocycles. The van der Waals surface area contributed by atoms with E-state index in [-0.39, 0.29) is 36.7 Å². The zero-order chi connectivity index (χ0) is 30.5. The lowest BCUT2D eigenvalue weighted by Crippen LogP contribution is -2.52. The zero-order valence-electron chi connectivity index (χ0n) is 24.4. The minimum absolute atomic E-state index is 0.0582. The van der Waals surface area contributed by atoms with Crippen LogP contribution in [-0.4, -0.2) is 41.2 Å². The molecule has 43 heavy (non-hydrogen) atoms. The third-order valence-corrected chi connectivity index (χ3v) is 8.79. The van der Waals surface area contributed by atoms with Gasteiger partial charge in [-0.25, -0.2) is 0 Å². The lowest BCUT2D eigenvalue weighted by atomic mass is 10.0. The van der Waals surface area contributed by atoms with E-state index in [1.165, 1.54) is 0 Å². The second-order valence-electron chi connectivity index (χ2n) is 11.0. The van der Waals surface area contributed by atoms with E-state index in [1.807, 2.05) is 80.6 Å². The summed E-state index contributed by atoms with van der Waals surface area (Å²) >= 11 is 13.1. The Morgan fingerprint density at radius 1 is 0.907 bits per heavy atom. The summed E-state index contributed by atoms with van der Waals surface area (Å²) in [4.78, 5) is 44.5. The van der Waals surface area contributed by atoms with Crippen molar-refractivity contribution in [1.82, 2.24) is 10.2 Å². The van der Waals surface area contributed by atoms with E-state index in [0.29, 0.717) is 40.6 Å². The lowest BCUT2D eigenvalue weighted by molar-refractivity contribution is -0.141. The second kappa shape index (κ2) is 13.6. The first-order chi connectivity index (χ1) is 20.8. The van der Waals surface area contributed by atoms with Crippen LogP contribution in [0.25, 0.3) is 10.8 Å². The van der Waals surface area contributed by atoms with Gasteiger partial charge in [0.1, 0.15) is 6.04 Å². The van der Waals surface area contributed by atoms with Gasteiger partial charge in [-0.1, -0.05) is 90.8 Å². The molecule has 4 aromatic rings. The summed E-state index contributed by atoms with van der Waals surface area (Å²) in [7, 11) is 0. The fourth-order valence-corrected chi connectivity index (χ4v) is 6.10. The third-order valence-electron chi connectivity index (χ3n) is 8.08. The van der Waals surface area contributed by atoms with Gasteiger partial charge in [0.15, 0.2) is 0 Å². The number of carbonyl (C=O) groups excluding carboxylic acids is 3. The standard InChI is InChI=1S/C35H35Cl2N3O3/c1-3-23(2)38-34(42)31(21-24-11-5-4-6-12-24)40(22-27-28(36)16-9-17-29(27)37)32(41)19-10-20-39-30-18-8-14-25-13-7-15-26(33(25)30)35(39)43/h4-9,11-18,23,31H,3,10,19-22H2,1-2H3,(H,38,42)/t23-,31+/m0/s1. The first-order valence-corrected chi connectivity index (χ1v) is 15.4. The van der Waals surface area contributed by atoms with E-state index in [4.69, 9.17) is 23.2 Å². The normalized spacial score (nSPS) is 13.7. The third kappa shape index (κ3) is 6.71. The molecule has 222 valence electrons. The molecule has 5 rings (SSSR count). The average Bonchev–Trinajstić information content (AvgIpc) is 3.28. The number of anilines is 1. The van der Waals surface area contributed by atoms with E-state index in [0.717, 1.165) is 28.4 Å². The highest BCUT2D eigenvalue weighted by Crippen LogP contribution is 2.37. The molecule has 1 heterocycles. The fraction of sp³-hybridized carbons (Fsp3) is 0.286.